The molecular weight excluding hydrogens is 915 g/mol. The van der Waals surface area contributed by atoms with Crippen LogP contribution in [0.3, 0.4) is 0 Å². The Morgan fingerprint density at radius 2 is 1.36 bits per heavy atom. The molecule has 1 aromatic carbocycles. The van der Waals surface area contributed by atoms with Gasteiger partial charge < -0.3 is 77.2 Å². The molecule has 0 saturated carbocycles. The first-order chi connectivity index (χ1) is 33.2. The number of fused-ring (bicyclic) bond motifs is 2. The van der Waals surface area contributed by atoms with Gasteiger partial charge in [-0.25, -0.2) is 0 Å². The second-order valence-corrected chi connectivity index (χ2v) is 19.4. The van der Waals surface area contributed by atoms with Crippen LogP contribution in [0, 0.1) is 11.8 Å². The van der Waals surface area contributed by atoms with E-state index in [9.17, 15) is 74.4 Å². The summed E-state index contributed by atoms with van der Waals surface area (Å²) in [5.74, 6) is -7.42. The summed E-state index contributed by atoms with van der Waals surface area (Å²) in [5, 5.41) is 98.9. The summed E-state index contributed by atoms with van der Waals surface area (Å²) in [7, 11) is 0. The van der Waals surface area contributed by atoms with Gasteiger partial charge >= 0.3 is 0 Å². The Hall–Kier alpha value is -4.97. The first-order valence-electron chi connectivity index (χ1n) is 24.8. The molecule has 22 nitrogen and oxygen atoms in total. The minimum atomic E-state index is -2.23. The van der Waals surface area contributed by atoms with Crippen molar-refractivity contribution in [3.63, 3.8) is 0 Å². The number of nitrogens with zero attached hydrogens (tertiary/aromatic N) is 2. The summed E-state index contributed by atoms with van der Waals surface area (Å²) < 4.78 is 0. The van der Waals surface area contributed by atoms with Crippen molar-refractivity contribution in [2.24, 2.45) is 11.8 Å². The molecule has 3 fully saturated rings. The maximum atomic E-state index is 14.3. The van der Waals surface area contributed by atoms with Gasteiger partial charge in [0.15, 0.2) is 0 Å². The zero-order chi connectivity index (χ0) is 51.8. The zero-order valence-corrected chi connectivity index (χ0v) is 40.7. The smallest absolute Gasteiger partial charge is 0.248 e. The van der Waals surface area contributed by atoms with Crippen molar-refractivity contribution in [1.82, 2.24) is 36.4 Å². The molecule has 22 heteroatoms. The second-order valence-electron chi connectivity index (χ2n) is 19.4. The number of rotatable bonds is 18. The number of benzene rings is 1. The number of carbonyl (C=O) groups excluding carboxylic acids is 7. The standard InChI is InChI=1S/C48H77N7O15/c1-5-26(2)14-12-10-8-6-7-9-11-13-15-36(61)50-33-20-31(59)22-49-46(68)39-40(62)27(3)23-55(39)47(69)34(25-56)51-45(67)38(42(64)41(63)29-16-18-30(58)19-17-29)53-44(66)35-21-32(60)24-54(35)48(70)37(28(4)57)52-43(33)65/h16-19,26-28,31-35,37-42,56-60,62-64H,5-15,20-25H2,1-4H3,(H,49,68)(H,50,61)(H,51,67)(H,52,65)(H,53,66)/t26?,27-,28+,31+,32+,33+,34-,35-,37-,38-,39-,40-,41?,42+/m0/s1. The van der Waals surface area contributed by atoms with E-state index < -0.39 is 153 Å². The van der Waals surface area contributed by atoms with Gasteiger partial charge in [0.05, 0.1) is 31.0 Å². The van der Waals surface area contributed by atoms with Crippen molar-refractivity contribution in [2.45, 2.75) is 184 Å². The van der Waals surface area contributed by atoms with Crippen LogP contribution in [0.2, 0.25) is 0 Å². The maximum absolute atomic E-state index is 14.3. The Balaban J connectivity index is 1.63. The average Bonchev–Trinajstić information content (AvgIpc) is 3.87. The highest BCUT2D eigenvalue weighted by atomic mass is 16.3. The molecule has 2 unspecified atom stereocenters. The Morgan fingerprint density at radius 1 is 0.743 bits per heavy atom. The first kappa shape index (κ1) is 57.6. The van der Waals surface area contributed by atoms with Crippen molar-refractivity contribution in [3.8, 4) is 5.75 Å². The molecule has 3 saturated heterocycles. The summed E-state index contributed by atoms with van der Waals surface area (Å²) in [6.07, 6.45) is -1.06. The quantitative estimate of drug-likeness (QED) is 0.0715. The number of hydrogen-bond acceptors (Lipinski definition) is 15. The van der Waals surface area contributed by atoms with Gasteiger partial charge in [0.2, 0.25) is 41.4 Å². The number of unbranched alkanes of at least 4 members (excludes halogenated alkanes) is 7. The van der Waals surface area contributed by atoms with Crippen molar-refractivity contribution in [1.29, 1.82) is 0 Å². The van der Waals surface area contributed by atoms with Gasteiger partial charge in [0.1, 0.15) is 54.2 Å². The lowest BCUT2D eigenvalue weighted by Gasteiger charge is -2.33. The highest BCUT2D eigenvalue weighted by Gasteiger charge is 2.49. The number of aliphatic hydroxyl groups excluding tert-OH is 7. The van der Waals surface area contributed by atoms with Gasteiger partial charge in [0.25, 0.3) is 0 Å². The molecule has 0 bridgehead atoms. The summed E-state index contributed by atoms with van der Waals surface area (Å²) in [5.41, 5.74) is -0.0366. The number of β-amino-alcohol motifs (C(OH)–C–C–N with tert-alkyl or cyclic N) is 1. The van der Waals surface area contributed by atoms with Crippen LogP contribution in [0.5, 0.6) is 5.75 Å². The van der Waals surface area contributed by atoms with Gasteiger partial charge in [-0.1, -0.05) is 90.7 Å². The molecular formula is C48H77N7O15. The Labute approximate surface area is 408 Å². The van der Waals surface area contributed by atoms with Crippen LogP contribution in [-0.2, 0) is 33.6 Å². The number of aromatic hydroxyl groups is 1. The molecule has 0 spiro atoms. The zero-order valence-electron chi connectivity index (χ0n) is 40.7. The normalized spacial score (nSPS) is 29.4. The lowest BCUT2D eigenvalue weighted by Crippen LogP contribution is -2.63. The third-order valence-corrected chi connectivity index (χ3v) is 13.7. The average molecular weight is 992 g/mol. The van der Waals surface area contributed by atoms with Crippen molar-refractivity contribution in [2.75, 3.05) is 26.2 Å². The molecule has 70 heavy (non-hydrogen) atoms. The highest BCUT2D eigenvalue weighted by Crippen LogP contribution is 2.27. The SMILES string of the molecule is CCC(C)CCCCCCCCCCC(=O)N[C@@H]1C[C@@H](O)CNC(=O)[C@@H]2[C@@H](O)[C@@H](C)CN2C(=O)[C@H](CO)NC(=O)[C@H]([C@@H](O)C(O)c2ccc(O)cc2)NC(=O)[C@@H]2C[C@@H](O)CN2C(=O)[C@H]([C@@H](C)O)NC1=O. The molecule has 14 atom stereocenters. The van der Waals surface area contributed by atoms with E-state index in [0.717, 1.165) is 47.8 Å². The highest BCUT2D eigenvalue weighted by molar-refractivity contribution is 5.98. The fourth-order valence-corrected chi connectivity index (χ4v) is 9.15. The fraction of sp³-hybridized carbons (Fsp3) is 0.729. The van der Waals surface area contributed by atoms with Crippen LogP contribution >= 0.6 is 0 Å². The van der Waals surface area contributed by atoms with Crippen LogP contribution in [0.4, 0.5) is 0 Å². The lowest BCUT2D eigenvalue weighted by atomic mass is 9.97. The topological polar surface area (TPSA) is 348 Å². The van der Waals surface area contributed by atoms with Crippen LogP contribution < -0.4 is 26.6 Å². The number of aliphatic hydroxyl groups is 7. The minimum absolute atomic E-state index is 0.0161. The molecule has 13 N–H and O–H groups in total. The van der Waals surface area contributed by atoms with E-state index >= 15 is 0 Å². The Bertz CT molecular complexity index is 1910. The molecule has 0 aromatic heterocycles. The molecule has 7 amide bonds. The predicted octanol–water partition coefficient (Wildman–Crippen LogP) is -1.90. The van der Waals surface area contributed by atoms with Crippen molar-refractivity contribution < 1.29 is 74.4 Å². The van der Waals surface area contributed by atoms with Gasteiger partial charge in [-0.15, -0.1) is 0 Å². The van der Waals surface area contributed by atoms with E-state index in [2.05, 4.69) is 40.4 Å². The lowest BCUT2D eigenvalue weighted by molar-refractivity contribution is -0.147. The number of phenols is 1. The first-order valence-corrected chi connectivity index (χ1v) is 24.8. The molecule has 0 aliphatic carbocycles. The molecule has 0 radical (unpaired) electrons. The van der Waals surface area contributed by atoms with E-state index in [0.29, 0.717) is 6.42 Å². The fourth-order valence-electron chi connectivity index (χ4n) is 9.15. The summed E-state index contributed by atoms with van der Waals surface area (Å²) in [6, 6.07) is -5.88. The monoisotopic (exact) mass is 992 g/mol. The third-order valence-electron chi connectivity index (χ3n) is 13.7. The van der Waals surface area contributed by atoms with Gasteiger partial charge in [0, 0.05) is 44.8 Å². The summed E-state index contributed by atoms with van der Waals surface area (Å²) >= 11 is 0. The largest absolute Gasteiger partial charge is 0.508 e. The summed E-state index contributed by atoms with van der Waals surface area (Å²) in [6.45, 7) is 4.72. The van der Waals surface area contributed by atoms with Crippen LogP contribution in [0.25, 0.3) is 0 Å². The maximum Gasteiger partial charge on any atom is 0.248 e. The van der Waals surface area contributed by atoms with E-state index in [4.69, 9.17) is 0 Å². The Kier molecular flexibility index (Phi) is 22.7. The van der Waals surface area contributed by atoms with Crippen molar-refractivity contribution in [3.05, 3.63) is 29.8 Å². The van der Waals surface area contributed by atoms with E-state index in [1.54, 1.807) is 0 Å². The van der Waals surface area contributed by atoms with Crippen LogP contribution in [-0.4, -0.2) is 185 Å². The van der Waals surface area contributed by atoms with Crippen LogP contribution in [0.1, 0.15) is 123 Å². The van der Waals surface area contributed by atoms with E-state index in [-0.39, 0.29) is 24.3 Å². The molecule has 3 heterocycles. The molecule has 394 valence electrons. The number of nitrogens with one attached hydrogen (secondary N) is 5. The second kappa shape index (κ2) is 27.6. The van der Waals surface area contributed by atoms with Gasteiger partial charge in [-0.3, -0.25) is 33.6 Å². The number of hydrogen-bond donors (Lipinski definition) is 13. The van der Waals surface area contributed by atoms with Crippen molar-refractivity contribution >= 4 is 41.4 Å². The number of carbonyl (C=O) groups is 7. The van der Waals surface area contributed by atoms with Crippen LogP contribution in [0.15, 0.2) is 24.3 Å². The number of amides is 7. The van der Waals surface area contributed by atoms with Gasteiger partial charge in [-0.05, 0) is 37.0 Å². The van der Waals surface area contributed by atoms with E-state index in [1.165, 1.54) is 63.8 Å². The van der Waals surface area contributed by atoms with Gasteiger partial charge in [-0.2, -0.15) is 0 Å². The predicted molar refractivity (Wildman–Crippen MR) is 252 cm³/mol. The summed E-state index contributed by atoms with van der Waals surface area (Å²) in [4.78, 5) is 99.4. The third kappa shape index (κ3) is 16.0. The molecule has 3 aliphatic heterocycles. The molecule has 4 rings (SSSR count). The number of phenolic OH excluding ortho intramolecular Hbond substituents is 1. The minimum Gasteiger partial charge on any atom is -0.508 e. The Morgan fingerprint density at radius 3 is 1.97 bits per heavy atom. The molecule has 3 aliphatic rings. The van der Waals surface area contributed by atoms with E-state index in [1.807, 2.05) is 0 Å². The molecule has 1 aromatic rings.